The van der Waals surface area contributed by atoms with E-state index >= 15 is 0 Å². The Morgan fingerprint density at radius 2 is 1.68 bits per heavy atom. The predicted molar refractivity (Wildman–Crippen MR) is 137 cm³/mol. The summed E-state index contributed by atoms with van der Waals surface area (Å²) in [5.74, 6) is 1.15. The summed E-state index contributed by atoms with van der Waals surface area (Å²) in [5, 5.41) is 8.53. The van der Waals surface area contributed by atoms with E-state index in [2.05, 4.69) is 10.4 Å². The van der Waals surface area contributed by atoms with Crippen molar-refractivity contribution in [2.75, 3.05) is 5.32 Å². The molecule has 0 spiro atoms. The Kier molecular flexibility index (Phi) is 7.25. The van der Waals surface area contributed by atoms with Gasteiger partial charge in [0.25, 0.3) is 5.91 Å². The van der Waals surface area contributed by atoms with E-state index in [1.54, 1.807) is 28.9 Å². The van der Waals surface area contributed by atoms with E-state index < -0.39 is 0 Å². The number of aryl methyl sites for hydroxylation is 3. The van der Waals surface area contributed by atoms with Gasteiger partial charge in [0.2, 0.25) is 0 Å². The lowest BCUT2D eigenvalue weighted by molar-refractivity contribution is 0.102. The first-order valence-electron chi connectivity index (χ1n) is 10.9. The Bertz CT molecular complexity index is 1310. The third-order valence-corrected chi connectivity index (χ3v) is 6.15. The molecule has 5 nitrogen and oxygen atoms in total. The van der Waals surface area contributed by atoms with Gasteiger partial charge in [0.05, 0.1) is 6.54 Å². The van der Waals surface area contributed by atoms with Gasteiger partial charge in [-0.1, -0.05) is 59.6 Å². The topological polar surface area (TPSA) is 56.1 Å². The van der Waals surface area contributed by atoms with Crippen LogP contribution < -0.4 is 10.1 Å². The number of carbonyl (C=O) groups is 1. The number of para-hydroxylation sites is 1. The molecule has 0 fully saturated rings. The lowest BCUT2D eigenvalue weighted by Crippen LogP contribution is -2.13. The average Bonchev–Trinajstić information content (AvgIpc) is 3.14. The summed E-state index contributed by atoms with van der Waals surface area (Å²) in [7, 11) is 0. The maximum absolute atomic E-state index is 12.7. The van der Waals surface area contributed by atoms with Crippen LogP contribution in [0, 0.1) is 20.8 Å². The number of hydrogen-bond donors (Lipinski definition) is 1. The Hall–Kier alpha value is -3.28. The van der Waals surface area contributed by atoms with E-state index in [1.165, 1.54) is 0 Å². The Labute approximate surface area is 209 Å². The molecule has 0 unspecified atom stereocenters. The molecule has 0 aliphatic heterocycles. The van der Waals surface area contributed by atoms with Crippen molar-refractivity contribution in [1.82, 2.24) is 9.78 Å². The van der Waals surface area contributed by atoms with Gasteiger partial charge >= 0.3 is 0 Å². The van der Waals surface area contributed by atoms with Crippen LogP contribution in [0.15, 0.2) is 66.7 Å². The lowest BCUT2D eigenvalue weighted by Gasteiger charge is -2.12. The highest BCUT2D eigenvalue weighted by Crippen LogP contribution is 2.24. The molecule has 34 heavy (non-hydrogen) atoms. The van der Waals surface area contributed by atoms with Crippen LogP contribution in [0.2, 0.25) is 10.0 Å². The number of ether oxygens (including phenoxy) is 1. The molecule has 0 saturated carbocycles. The maximum atomic E-state index is 12.7. The van der Waals surface area contributed by atoms with Crippen molar-refractivity contribution in [3.8, 4) is 5.75 Å². The number of benzene rings is 3. The smallest absolute Gasteiger partial charge is 0.256 e. The van der Waals surface area contributed by atoms with Crippen molar-refractivity contribution >= 4 is 34.9 Å². The van der Waals surface area contributed by atoms with Gasteiger partial charge in [0.1, 0.15) is 12.4 Å². The number of amides is 1. The van der Waals surface area contributed by atoms with Crippen LogP contribution in [-0.4, -0.2) is 15.7 Å². The first-order chi connectivity index (χ1) is 16.3. The summed E-state index contributed by atoms with van der Waals surface area (Å²) in [6.45, 7) is 6.90. The fourth-order valence-corrected chi connectivity index (χ4v) is 4.13. The third kappa shape index (κ3) is 5.61. The number of nitrogens with zero attached hydrogens (tertiary/aromatic N) is 2. The molecular formula is C27H25Cl2N3O2. The third-order valence-electron chi connectivity index (χ3n) is 5.57. The van der Waals surface area contributed by atoms with Crippen molar-refractivity contribution in [3.63, 3.8) is 0 Å². The number of carbonyl (C=O) groups excluding carboxylic acids is 1. The predicted octanol–water partition coefficient (Wildman–Crippen LogP) is 6.99. The Balaban J connectivity index is 1.38. The molecule has 1 N–H and O–H groups in total. The van der Waals surface area contributed by atoms with Crippen molar-refractivity contribution < 1.29 is 9.53 Å². The summed E-state index contributed by atoms with van der Waals surface area (Å²) >= 11 is 12.3. The largest absolute Gasteiger partial charge is 0.488 e. The van der Waals surface area contributed by atoms with Crippen LogP contribution in [-0.2, 0) is 13.2 Å². The second kappa shape index (κ2) is 10.3. The standard InChI is InChI=1S/C27H25Cl2N3O2/c1-17-5-4-6-18(2)26(17)34-16-20-7-9-21(10-8-20)27(33)30-25-13-19(3)32(31-25)15-22-11-12-23(28)14-24(22)29/h4-14H,15-16H2,1-3H3,(H,30,31,33). The first-order valence-corrected chi connectivity index (χ1v) is 11.6. The molecule has 4 aromatic rings. The van der Waals surface area contributed by atoms with Crippen LogP contribution in [0.25, 0.3) is 0 Å². The summed E-state index contributed by atoms with van der Waals surface area (Å²) in [5.41, 5.74) is 5.53. The normalized spacial score (nSPS) is 10.9. The second-order valence-electron chi connectivity index (χ2n) is 8.22. The number of hydrogen-bond acceptors (Lipinski definition) is 3. The molecule has 1 heterocycles. The molecule has 4 rings (SSSR count). The number of nitrogens with one attached hydrogen (secondary N) is 1. The highest BCUT2D eigenvalue weighted by atomic mass is 35.5. The van der Waals surface area contributed by atoms with Crippen LogP contribution in [0.3, 0.4) is 0 Å². The van der Waals surface area contributed by atoms with E-state index in [-0.39, 0.29) is 5.91 Å². The molecule has 7 heteroatoms. The van der Waals surface area contributed by atoms with E-state index in [0.29, 0.717) is 34.6 Å². The molecule has 3 aromatic carbocycles. The van der Waals surface area contributed by atoms with Gasteiger partial charge in [-0.25, -0.2) is 0 Å². The van der Waals surface area contributed by atoms with Crippen molar-refractivity contribution in [3.05, 3.63) is 110 Å². The first kappa shape index (κ1) is 23.9. The highest BCUT2D eigenvalue weighted by molar-refractivity contribution is 6.35. The molecule has 1 amide bonds. The molecule has 0 aliphatic rings. The van der Waals surface area contributed by atoms with Crippen molar-refractivity contribution in [1.29, 1.82) is 0 Å². The van der Waals surface area contributed by atoms with Gasteiger partial charge in [-0.2, -0.15) is 5.10 Å². The molecule has 0 atom stereocenters. The van der Waals surface area contributed by atoms with E-state index in [0.717, 1.165) is 33.7 Å². The number of aromatic nitrogens is 2. The maximum Gasteiger partial charge on any atom is 0.256 e. The van der Waals surface area contributed by atoms with Crippen LogP contribution in [0.4, 0.5) is 5.82 Å². The monoisotopic (exact) mass is 493 g/mol. The number of halogens is 2. The van der Waals surface area contributed by atoms with Crippen LogP contribution in [0.5, 0.6) is 5.75 Å². The van der Waals surface area contributed by atoms with Gasteiger partial charge in [-0.15, -0.1) is 0 Å². The van der Waals surface area contributed by atoms with E-state index in [1.807, 2.05) is 63.2 Å². The lowest BCUT2D eigenvalue weighted by atomic mass is 10.1. The van der Waals surface area contributed by atoms with Crippen molar-refractivity contribution in [2.24, 2.45) is 0 Å². The summed E-state index contributed by atoms with van der Waals surface area (Å²) in [4.78, 5) is 12.7. The van der Waals surface area contributed by atoms with E-state index in [4.69, 9.17) is 27.9 Å². The van der Waals surface area contributed by atoms with Crippen LogP contribution in [0.1, 0.15) is 38.3 Å². The second-order valence-corrected chi connectivity index (χ2v) is 9.07. The molecule has 0 aliphatic carbocycles. The fraction of sp³-hybridized carbons (Fsp3) is 0.185. The quantitative estimate of drug-likeness (QED) is 0.301. The van der Waals surface area contributed by atoms with Gasteiger partial charge in [0.15, 0.2) is 5.82 Å². The number of rotatable bonds is 7. The van der Waals surface area contributed by atoms with Crippen molar-refractivity contribution in [2.45, 2.75) is 33.9 Å². The SMILES string of the molecule is Cc1cccc(C)c1OCc1ccc(C(=O)Nc2cc(C)n(Cc3ccc(Cl)cc3Cl)n2)cc1. The van der Waals surface area contributed by atoms with Gasteiger partial charge < -0.3 is 10.1 Å². The summed E-state index contributed by atoms with van der Waals surface area (Å²) < 4.78 is 7.79. The molecular weight excluding hydrogens is 469 g/mol. The zero-order valence-corrected chi connectivity index (χ0v) is 20.7. The van der Waals surface area contributed by atoms with Gasteiger partial charge in [-0.3, -0.25) is 9.48 Å². The minimum Gasteiger partial charge on any atom is -0.488 e. The molecule has 0 radical (unpaired) electrons. The van der Waals surface area contributed by atoms with Crippen LogP contribution >= 0.6 is 23.2 Å². The minimum absolute atomic E-state index is 0.226. The van der Waals surface area contributed by atoms with E-state index in [9.17, 15) is 4.79 Å². The zero-order chi connectivity index (χ0) is 24.2. The average molecular weight is 494 g/mol. The summed E-state index contributed by atoms with van der Waals surface area (Å²) in [6.07, 6.45) is 0. The van der Waals surface area contributed by atoms with Gasteiger partial charge in [-0.05, 0) is 67.3 Å². The zero-order valence-electron chi connectivity index (χ0n) is 19.2. The molecule has 0 bridgehead atoms. The Morgan fingerprint density at radius 3 is 2.35 bits per heavy atom. The van der Waals surface area contributed by atoms with Gasteiger partial charge in [0, 0.05) is 27.4 Å². The molecule has 1 aromatic heterocycles. The number of anilines is 1. The minimum atomic E-state index is -0.226. The molecule has 0 saturated heterocycles. The highest BCUT2D eigenvalue weighted by Gasteiger charge is 2.12. The fourth-order valence-electron chi connectivity index (χ4n) is 3.67. The molecule has 174 valence electrons. The summed E-state index contributed by atoms with van der Waals surface area (Å²) in [6, 6.07) is 20.6. The Morgan fingerprint density at radius 1 is 0.971 bits per heavy atom.